The summed E-state index contributed by atoms with van der Waals surface area (Å²) in [6, 6.07) is 21.2. The molecule has 0 spiro atoms. The highest BCUT2D eigenvalue weighted by atomic mass is 16.5. The monoisotopic (exact) mass is 401 g/mol. The van der Waals surface area contributed by atoms with Gasteiger partial charge in [-0.05, 0) is 37.5 Å². The summed E-state index contributed by atoms with van der Waals surface area (Å²) in [7, 11) is 0. The number of fused-ring (bicyclic) bond motifs is 1. The largest absolute Gasteiger partial charge is 0.358 e. The molecule has 4 heteroatoms. The van der Waals surface area contributed by atoms with Gasteiger partial charge in [0.2, 0.25) is 0 Å². The van der Waals surface area contributed by atoms with Gasteiger partial charge in [-0.2, -0.15) is 0 Å². The Bertz CT molecular complexity index is 967. The average Bonchev–Trinajstić information content (AvgIpc) is 2.91. The fourth-order valence-corrected chi connectivity index (χ4v) is 4.12. The van der Waals surface area contributed by atoms with Crippen molar-refractivity contribution in [3.05, 3.63) is 83.8 Å². The van der Waals surface area contributed by atoms with Gasteiger partial charge in [0.15, 0.2) is 5.82 Å². The maximum Gasteiger partial charge on any atom is 0.157 e. The van der Waals surface area contributed by atoms with Crippen molar-refractivity contribution < 1.29 is 4.74 Å². The van der Waals surface area contributed by atoms with Crippen molar-refractivity contribution in [1.82, 2.24) is 9.97 Å². The van der Waals surface area contributed by atoms with Crippen LogP contribution in [0.25, 0.3) is 0 Å². The lowest BCUT2D eigenvalue weighted by Crippen LogP contribution is -2.39. The van der Waals surface area contributed by atoms with Gasteiger partial charge in [0.1, 0.15) is 6.23 Å². The molecule has 0 aliphatic carbocycles. The second-order valence-electron chi connectivity index (χ2n) is 8.88. The minimum atomic E-state index is -0.148. The van der Waals surface area contributed by atoms with Gasteiger partial charge < -0.3 is 4.74 Å². The first-order valence-corrected chi connectivity index (χ1v) is 10.9. The van der Waals surface area contributed by atoms with Crippen LogP contribution in [0.1, 0.15) is 57.0 Å². The van der Waals surface area contributed by atoms with E-state index in [9.17, 15) is 0 Å². The zero-order chi connectivity index (χ0) is 21.1. The van der Waals surface area contributed by atoms with Crippen molar-refractivity contribution in [2.45, 2.75) is 58.1 Å². The molecule has 0 N–H and O–H groups in total. The topological polar surface area (TPSA) is 38.3 Å². The lowest BCUT2D eigenvalue weighted by molar-refractivity contribution is 0.0464. The van der Waals surface area contributed by atoms with E-state index < -0.39 is 0 Å². The molecule has 156 valence electrons. The van der Waals surface area contributed by atoms with Crippen molar-refractivity contribution in [1.29, 1.82) is 0 Å². The summed E-state index contributed by atoms with van der Waals surface area (Å²) in [6.07, 6.45) is 3.64. The van der Waals surface area contributed by atoms with Crippen LogP contribution < -0.4 is 4.90 Å². The van der Waals surface area contributed by atoms with Gasteiger partial charge in [0.25, 0.3) is 0 Å². The van der Waals surface area contributed by atoms with E-state index in [-0.39, 0.29) is 17.6 Å². The molecule has 2 atom stereocenters. The molecule has 2 heterocycles. The Labute approximate surface area is 180 Å². The van der Waals surface area contributed by atoms with Gasteiger partial charge in [0, 0.05) is 29.8 Å². The van der Waals surface area contributed by atoms with Crippen molar-refractivity contribution in [2.75, 3.05) is 11.5 Å². The summed E-state index contributed by atoms with van der Waals surface area (Å²) < 4.78 is 6.44. The highest BCUT2D eigenvalue weighted by Gasteiger charge is 2.36. The number of rotatable bonds is 4. The van der Waals surface area contributed by atoms with Gasteiger partial charge in [-0.15, -0.1) is 0 Å². The van der Waals surface area contributed by atoms with Crippen molar-refractivity contribution >= 4 is 11.5 Å². The van der Waals surface area contributed by atoms with E-state index in [4.69, 9.17) is 14.7 Å². The minimum Gasteiger partial charge on any atom is -0.358 e. The van der Waals surface area contributed by atoms with E-state index in [1.807, 2.05) is 12.3 Å². The van der Waals surface area contributed by atoms with Crippen LogP contribution in [0.3, 0.4) is 0 Å². The summed E-state index contributed by atoms with van der Waals surface area (Å²) in [5.74, 6) is 1.14. The smallest absolute Gasteiger partial charge is 0.157 e. The van der Waals surface area contributed by atoms with Gasteiger partial charge in [0.05, 0.1) is 11.4 Å². The molecular weight excluding hydrogens is 370 g/mol. The van der Waals surface area contributed by atoms with Crippen LogP contribution >= 0.6 is 0 Å². The van der Waals surface area contributed by atoms with E-state index in [1.54, 1.807) is 0 Å². The summed E-state index contributed by atoms with van der Waals surface area (Å²) in [6.45, 7) is 9.24. The molecule has 0 saturated heterocycles. The predicted molar refractivity (Wildman–Crippen MR) is 122 cm³/mol. The van der Waals surface area contributed by atoms with E-state index in [0.29, 0.717) is 6.61 Å². The van der Waals surface area contributed by atoms with Crippen LogP contribution in [0.5, 0.6) is 0 Å². The SMILES string of the molecule is CCOC1C(c2ccccc2)CCc2ncc(C(C)(C)C)nc2N1c1ccccc1. The minimum absolute atomic E-state index is 0.0728. The van der Waals surface area contributed by atoms with Gasteiger partial charge in [-0.1, -0.05) is 69.3 Å². The molecule has 0 amide bonds. The van der Waals surface area contributed by atoms with E-state index >= 15 is 0 Å². The summed E-state index contributed by atoms with van der Waals surface area (Å²) in [5, 5.41) is 0. The Morgan fingerprint density at radius 3 is 2.30 bits per heavy atom. The number of ether oxygens (including phenoxy) is 1. The Kier molecular flexibility index (Phi) is 5.87. The molecule has 2 unspecified atom stereocenters. The maximum absolute atomic E-state index is 6.44. The second kappa shape index (κ2) is 8.57. The number of hydrogen-bond acceptors (Lipinski definition) is 4. The Hall–Kier alpha value is -2.72. The standard InChI is InChI=1S/C26H31N3O/c1-5-30-25-21(19-12-8-6-9-13-19)16-17-22-24(28-23(18-27-22)26(2,3)4)29(25)20-14-10-7-11-15-20/h6-15,18,21,25H,5,16-17H2,1-4H3. The second-order valence-corrected chi connectivity index (χ2v) is 8.88. The fourth-order valence-electron chi connectivity index (χ4n) is 4.12. The first-order chi connectivity index (χ1) is 14.5. The normalized spacial score (nSPS) is 19.3. The highest BCUT2D eigenvalue weighted by Crippen LogP contribution is 2.41. The Morgan fingerprint density at radius 1 is 1.00 bits per heavy atom. The summed E-state index contributed by atoms with van der Waals surface area (Å²) in [5.41, 5.74) is 4.34. The zero-order valence-corrected chi connectivity index (χ0v) is 18.4. The van der Waals surface area contributed by atoms with E-state index in [2.05, 4.69) is 87.2 Å². The van der Waals surface area contributed by atoms with Crippen molar-refractivity contribution in [2.24, 2.45) is 0 Å². The highest BCUT2D eigenvalue weighted by molar-refractivity contribution is 5.64. The number of para-hydroxylation sites is 1. The van der Waals surface area contributed by atoms with E-state index in [0.717, 1.165) is 35.7 Å². The predicted octanol–water partition coefficient (Wildman–Crippen LogP) is 6.00. The molecular formula is C26H31N3O. The fraction of sp³-hybridized carbons (Fsp3) is 0.385. The van der Waals surface area contributed by atoms with Gasteiger partial charge in [-0.3, -0.25) is 9.88 Å². The number of hydrogen-bond donors (Lipinski definition) is 0. The Balaban J connectivity index is 1.90. The third-order valence-electron chi connectivity index (χ3n) is 5.71. The summed E-state index contributed by atoms with van der Waals surface area (Å²) >= 11 is 0. The third-order valence-corrected chi connectivity index (χ3v) is 5.71. The van der Waals surface area contributed by atoms with Crippen LogP contribution in [0, 0.1) is 0 Å². The molecule has 3 aromatic rings. The zero-order valence-electron chi connectivity index (χ0n) is 18.4. The van der Waals surface area contributed by atoms with Gasteiger partial charge in [-0.25, -0.2) is 4.98 Å². The van der Waals surface area contributed by atoms with Crippen molar-refractivity contribution in [3.8, 4) is 0 Å². The van der Waals surface area contributed by atoms with Crippen LogP contribution in [-0.2, 0) is 16.6 Å². The lowest BCUT2D eigenvalue weighted by atomic mass is 9.92. The number of benzene rings is 2. The summed E-state index contributed by atoms with van der Waals surface area (Å²) in [4.78, 5) is 12.3. The molecule has 0 fully saturated rings. The number of aromatic nitrogens is 2. The molecule has 4 nitrogen and oxygen atoms in total. The van der Waals surface area contributed by atoms with Crippen LogP contribution in [0.4, 0.5) is 11.5 Å². The molecule has 4 rings (SSSR count). The number of aryl methyl sites for hydroxylation is 1. The molecule has 0 radical (unpaired) electrons. The molecule has 30 heavy (non-hydrogen) atoms. The number of anilines is 2. The van der Waals surface area contributed by atoms with Crippen LogP contribution in [0.15, 0.2) is 66.9 Å². The first kappa shape index (κ1) is 20.5. The average molecular weight is 402 g/mol. The van der Waals surface area contributed by atoms with Crippen LogP contribution in [0.2, 0.25) is 0 Å². The molecule has 2 aromatic carbocycles. The molecule has 0 saturated carbocycles. The number of nitrogens with zero attached hydrogens (tertiary/aromatic N) is 3. The molecule has 1 aliphatic rings. The molecule has 0 bridgehead atoms. The molecule has 1 aliphatic heterocycles. The van der Waals surface area contributed by atoms with Gasteiger partial charge >= 0.3 is 0 Å². The van der Waals surface area contributed by atoms with Crippen LogP contribution in [-0.4, -0.2) is 22.8 Å². The Morgan fingerprint density at radius 2 is 1.67 bits per heavy atom. The maximum atomic E-state index is 6.44. The lowest BCUT2D eigenvalue weighted by Gasteiger charge is -2.36. The first-order valence-electron chi connectivity index (χ1n) is 10.9. The van der Waals surface area contributed by atoms with E-state index in [1.165, 1.54) is 5.56 Å². The molecule has 1 aromatic heterocycles. The quantitative estimate of drug-likeness (QED) is 0.537. The van der Waals surface area contributed by atoms with Crippen molar-refractivity contribution in [3.63, 3.8) is 0 Å². The third kappa shape index (κ3) is 4.10.